The Kier molecular flexibility index (Phi) is 6.54. The van der Waals surface area contributed by atoms with Crippen molar-refractivity contribution in [2.75, 3.05) is 13.1 Å². The van der Waals surface area contributed by atoms with E-state index in [-0.39, 0.29) is 24.9 Å². The largest absolute Gasteiger partial charge is 0.387 e. The molecular weight excluding hydrogens is 369 g/mol. The fourth-order valence-corrected chi connectivity index (χ4v) is 3.41. The van der Waals surface area contributed by atoms with Crippen LogP contribution in [0, 0.1) is 5.82 Å². The van der Waals surface area contributed by atoms with Gasteiger partial charge in [0.2, 0.25) is 5.91 Å². The van der Waals surface area contributed by atoms with Crippen molar-refractivity contribution in [2.24, 2.45) is 0 Å². The van der Waals surface area contributed by atoms with E-state index in [1.54, 1.807) is 0 Å². The zero-order chi connectivity index (χ0) is 19.2. The molecule has 0 saturated heterocycles. The van der Waals surface area contributed by atoms with Crippen LogP contribution in [0.1, 0.15) is 29.4 Å². The first-order chi connectivity index (χ1) is 13.0. The van der Waals surface area contributed by atoms with Crippen molar-refractivity contribution in [3.8, 4) is 0 Å². The molecule has 144 valence electrons. The number of thiophene rings is 1. The standard InChI is InChI=1S/C19H22FN3O3S/c20-14-5-3-13(4-6-14)17(24)11-23(15-7-8-15)12-18(25)22-19(26)21-10-16-2-1-9-27-16/h1-6,9,15,17,24H,7-8,10-12H2,(H2,21,22,25,26). The molecule has 2 aromatic rings. The Morgan fingerprint density at radius 3 is 2.63 bits per heavy atom. The van der Waals surface area contributed by atoms with E-state index < -0.39 is 18.0 Å². The van der Waals surface area contributed by atoms with Gasteiger partial charge >= 0.3 is 6.03 Å². The molecule has 1 heterocycles. The summed E-state index contributed by atoms with van der Waals surface area (Å²) in [7, 11) is 0. The first-order valence-electron chi connectivity index (χ1n) is 8.79. The molecule has 1 atom stereocenters. The fraction of sp³-hybridized carbons (Fsp3) is 0.368. The summed E-state index contributed by atoms with van der Waals surface area (Å²) in [6, 6.07) is 9.13. The maximum Gasteiger partial charge on any atom is 0.321 e. The lowest BCUT2D eigenvalue weighted by atomic mass is 10.1. The van der Waals surface area contributed by atoms with Crippen LogP contribution in [0.25, 0.3) is 0 Å². The Labute approximate surface area is 161 Å². The maximum absolute atomic E-state index is 13.0. The molecule has 0 aliphatic heterocycles. The molecule has 3 rings (SSSR count). The van der Waals surface area contributed by atoms with Crippen molar-refractivity contribution in [1.29, 1.82) is 0 Å². The van der Waals surface area contributed by atoms with E-state index in [0.717, 1.165) is 17.7 Å². The van der Waals surface area contributed by atoms with Crippen molar-refractivity contribution in [2.45, 2.75) is 31.5 Å². The maximum atomic E-state index is 13.0. The molecule has 1 fully saturated rings. The van der Waals surface area contributed by atoms with Crippen LogP contribution in [0.3, 0.4) is 0 Å². The highest BCUT2D eigenvalue weighted by atomic mass is 32.1. The Hall–Kier alpha value is -2.29. The first-order valence-corrected chi connectivity index (χ1v) is 9.67. The molecule has 3 amide bonds. The van der Waals surface area contributed by atoms with Gasteiger partial charge in [-0.05, 0) is 42.0 Å². The van der Waals surface area contributed by atoms with Gasteiger partial charge in [0.15, 0.2) is 0 Å². The first kappa shape index (κ1) is 19.5. The second-order valence-corrected chi connectivity index (χ2v) is 7.57. The number of urea groups is 1. The quantitative estimate of drug-likeness (QED) is 0.646. The summed E-state index contributed by atoms with van der Waals surface area (Å²) >= 11 is 1.53. The number of aliphatic hydroxyl groups excluding tert-OH is 1. The highest BCUT2D eigenvalue weighted by molar-refractivity contribution is 7.09. The average molecular weight is 391 g/mol. The van der Waals surface area contributed by atoms with Gasteiger partial charge in [0.1, 0.15) is 5.82 Å². The molecule has 1 aliphatic carbocycles. The SMILES string of the molecule is O=C(CN(CC(O)c1ccc(F)cc1)C1CC1)NC(=O)NCc1cccs1. The molecule has 1 aromatic heterocycles. The van der Waals surface area contributed by atoms with Gasteiger partial charge in [-0.3, -0.25) is 15.0 Å². The second kappa shape index (κ2) is 9.07. The molecule has 1 aromatic carbocycles. The summed E-state index contributed by atoms with van der Waals surface area (Å²) in [6.45, 7) is 0.641. The summed E-state index contributed by atoms with van der Waals surface area (Å²) in [6.07, 6.45) is 1.08. The Morgan fingerprint density at radius 1 is 1.26 bits per heavy atom. The van der Waals surface area contributed by atoms with E-state index in [1.807, 2.05) is 22.4 Å². The van der Waals surface area contributed by atoms with Gasteiger partial charge in [0.05, 0.1) is 19.2 Å². The van der Waals surface area contributed by atoms with Crippen molar-refractivity contribution >= 4 is 23.3 Å². The summed E-state index contributed by atoms with van der Waals surface area (Å²) in [5.41, 5.74) is 0.594. The van der Waals surface area contributed by atoms with Gasteiger partial charge in [-0.1, -0.05) is 18.2 Å². The van der Waals surface area contributed by atoms with Crippen LogP contribution in [0.15, 0.2) is 41.8 Å². The van der Waals surface area contributed by atoms with Crippen molar-refractivity contribution in [3.63, 3.8) is 0 Å². The number of imide groups is 1. The van der Waals surface area contributed by atoms with E-state index in [1.165, 1.54) is 35.6 Å². The molecule has 1 aliphatic rings. The van der Waals surface area contributed by atoms with Crippen LogP contribution < -0.4 is 10.6 Å². The third-order valence-electron chi connectivity index (χ3n) is 4.33. The Balaban J connectivity index is 1.47. The van der Waals surface area contributed by atoms with Gasteiger partial charge in [-0.2, -0.15) is 0 Å². The molecular formula is C19H22FN3O3S. The number of benzene rings is 1. The molecule has 27 heavy (non-hydrogen) atoms. The normalized spacial score (nSPS) is 14.8. The second-order valence-electron chi connectivity index (χ2n) is 6.54. The topological polar surface area (TPSA) is 81.7 Å². The fourth-order valence-electron chi connectivity index (χ4n) is 2.77. The number of nitrogens with zero attached hydrogens (tertiary/aromatic N) is 1. The predicted octanol–water partition coefficient (Wildman–Crippen LogP) is 2.41. The lowest BCUT2D eigenvalue weighted by Gasteiger charge is -2.24. The van der Waals surface area contributed by atoms with Gasteiger partial charge in [0, 0.05) is 17.5 Å². The molecule has 1 saturated carbocycles. The molecule has 0 radical (unpaired) electrons. The van der Waals surface area contributed by atoms with Crippen LogP contribution in [0.5, 0.6) is 0 Å². The third-order valence-corrected chi connectivity index (χ3v) is 5.20. The number of hydrogen-bond donors (Lipinski definition) is 3. The lowest BCUT2D eigenvalue weighted by molar-refractivity contribution is -0.121. The number of rotatable bonds is 8. The number of carbonyl (C=O) groups excluding carboxylic acids is 2. The van der Waals surface area contributed by atoms with Crippen LogP contribution in [0.4, 0.5) is 9.18 Å². The van der Waals surface area contributed by atoms with E-state index in [9.17, 15) is 19.1 Å². The number of hydrogen-bond acceptors (Lipinski definition) is 5. The molecule has 1 unspecified atom stereocenters. The van der Waals surface area contributed by atoms with Crippen molar-refractivity contribution in [3.05, 3.63) is 58.0 Å². The monoisotopic (exact) mass is 391 g/mol. The van der Waals surface area contributed by atoms with E-state index >= 15 is 0 Å². The molecule has 0 bridgehead atoms. The van der Waals surface area contributed by atoms with E-state index in [4.69, 9.17) is 0 Å². The zero-order valence-electron chi connectivity index (χ0n) is 14.7. The van der Waals surface area contributed by atoms with Crippen LogP contribution in [-0.4, -0.2) is 41.1 Å². The number of halogens is 1. The highest BCUT2D eigenvalue weighted by Crippen LogP contribution is 2.28. The van der Waals surface area contributed by atoms with Crippen LogP contribution in [-0.2, 0) is 11.3 Å². The number of aliphatic hydroxyl groups is 1. The Bertz CT molecular complexity index is 763. The lowest BCUT2D eigenvalue weighted by Crippen LogP contribution is -2.45. The van der Waals surface area contributed by atoms with Crippen molar-refractivity contribution in [1.82, 2.24) is 15.5 Å². The average Bonchev–Trinajstić information content (AvgIpc) is 3.35. The van der Waals surface area contributed by atoms with Gasteiger partial charge < -0.3 is 10.4 Å². The summed E-state index contributed by atoms with van der Waals surface area (Å²) in [5.74, 6) is -0.783. The van der Waals surface area contributed by atoms with Crippen molar-refractivity contribution < 1.29 is 19.1 Å². The number of carbonyl (C=O) groups is 2. The minimum Gasteiger partial charge on any atom is -0.387 e. The van der Waals surface area contributed by atoms with E-state index in [0.29, 0.717) is 12.1 Å². The zero-order valence-corrected chi connectivity index (χ0v) is 15.5. The van der Waals surface area contributed by atoms with Gasteiger partial charge in [0.25, 0.3) is 0 Å². The predicted molar refractivity (Wildman–Crippen MR) is 101 cm³/mol. The van der Waals surface area contributed by atoms with Gasteiger partial charge in [-0.15, -0.1) is 11.3 Å². The van der Waals surface area contributed by atoms with Gasteiger partial charge in [-0.25, -0.2) is 9.18 Å². The number of amides is 3. The third kappa shape index (κ3) is 6.13. The summed E-state index contributed by atoms with van der Waals surface area (Å²) in [4.78, 5) is 26.9. The minimum absolute atomic E-state index is 0.0232. The van der Waals surface area contributed by atoms with Crippen LogP contribution >= 0.6 is 11.3 Å². The highest BCUT2D eigenvalue weighted by Gasteiger charge is 2.32. The molecule has 3 N–H and O–H groups in total. The molecule has 8 heteroatoms. The minimum atomic E-state index is -0.827. The smallest absolute Gasteiger partial charge is 0.321 e. The summed E-state index contributed by atoms with van der Waals surface area (Å²) < 4.78 is 13.0. The number of nitrogens with one attached hydrogen (secondary N) is 2. The van der Waals surface area contributed by atoms with E-state index in [2.05, 4.69) is 10.6 Å². The summed E-state index contributed by atoms with van der Waals surface area (Å²) in [5, 5.41) is 17.2. The van der Waals surface area contributed by atoms with Crippen LogP contribution in [0.2, 0.25) is 0 Å². The Morgan fingerprint density at radius 2 is 2.00 bits per heavy atom. The molecule has 6 nitrogen and oxygen atoms in total. The molecule has 0 spiro atoms.